The number of likely N-dealkylation sites (tertiary alicyclic amines) is 1. The summed E-state index contributed by atoms with van der Waals surface area (Å²) in [5.41, 5.74) is 6.07. The van der Waals surface area contributed by atoms with E-state index in [0.717, 1.165) is 50.4 Å². The van der Waals surface area contributed by atoms with E-state index in [2.05, 4.69) is 11.9 Å². The van der Waals surface area contributed by atoms with Crippen molar-refractivity contribution in [2.75, 3.05) is 19.7 Å². The van der Waals surface area contributed by atoms with Gasteiger partial charge in [0.1, 0.15) is 10.7 Å². The third kappa shape index (κ3) is 5.21. The molecule has 120 valence electrons. The van der Waals surface area contributed by atoms with Gasteiger partial charge in [0, 0.05) is 31.6 Å². The van der Waals surface area contributed by atoms with Gasteiger partial charge < -0.3 is 15.4 Å². The standard InChI is InChI=1S/C14H23N3O2S.ClH/c1-2-8-19-11-4-3-6-17(7-5-11)14(18)12-10-20-13(9-15)16-12;/h10-11H,2-9,15H2,1H3;1H. The Kier molecular flexibility index (Phi) is 8.18. The van der Waals surface area contributed by atoms with E-state index < -0.39 is 0 Å². The van der Waals surface area contributed by atoms with Crippen LogP contribution in [0.1, 0.15) is 48.1 Å². The van der Waals surface area contributed by atoms with E-state index in [9.17, 15) is 4.79 Å². The highest BCUT2D eigenvalue weighted by Crippen LogP contribution is 2.17. The van der Waals surface area contributed by atoms with Crippen LogP contribution in [-0.2, 0) is 11.3 Å². The second kappa shape index (κ2) is 9.35. The van der Waals surface area contributed by atoms with Crippen LogP contribution < -0.4 is 5.73 Å². The molecule has 2 heterocycles. The first-order chi connectivity index (χ1) is 9.74. The minimum absolute atomic E-state index is 0. The van der Waals surface area contributed by atoms with Crippen LogP contribution in [0.25, 0.3) is 0 Å². The number of hydrogen-bond donors (Lipinski definition) is 1. The Balaban J connectivity index is 0.00000220. The van der Waals surface area contributed by atoms with Crippen LogP contribution in [-0.4, -0.2) is 41.6 Å². The molecule has 1 fully saturated rings. The van der Waals surface area contributed by atoms with E-state index in [1.807, 2.05) is 4.90 Å². The molecule has 1 unspecified atom stereocenters. The van der Waals surface area contributed by atoms with Crippen molar-refractivity contribution in [2.24, 2.45) is 5.73 Å². The van der Waals surface area contributed by atoms with Gasteiger partial charge in [0.25, 0.3) is 5.91 Å². The number of hydrogen-bond acceptors (Lipinski definition) is 5. The SMILES string of the molecule is CCCOC1CCCN(C(=O)c2csc(CN)n2)CC1.Cl. The van der Waals surface area contributed by atoms with Gasteiger partial charge in [-0.3, -0.25) is 4.79 Å². The zero-order valence-corrected chi connectivity index (χ0v) is 14.0. The van der Waals surface area contributed by atoms with E-state index in [0.29, 0.717) is 18.3 Å². The van der Waals surface area contributed by atoms with Gasteiger partial charge in [-0.2, -0.15) is 0 Å². The van der Waals surface area contributed by atoms with E-state index in [1.54, 1.807) is 5.38 Å². The lowest BCUT2D eigenvalue weighted by Gasteiger charge is -2.19. The summed E-state index contributed by atoms with van der Waals surface area (Å²) in [6, 6.07) is 0. The Labute approximate surface area is 136 Å². The van der Waals surface area contributed by atoms with Gasteiger partial charge in [-0.05, 0) is 25.7 Å². The van der Waals surface area contributed by atoms with Crippen LogP contribution in [0.15, 0.2) is 5.38 Å². The fraction of sp³-hybridized carbons (Fsp3) is 0.714. The number of carbonyl (C=O) groups excluding carboxylic acids is 1. The van der Waals surface area contributed by atoms with Crippen LogP contribution in [0.2, 0.25) is 0 Å². The lowest BCUT2D eigenvalue weighted by Crippen LogP contribution is -2.32. The molecule has 1 saturated heterocycles. The number of halogens is 1. The summed E-state index contributed by atoms with van der Waals surface area (Å²) in [6.07, 6.45) is 4.28. The summed E-state index contributed by atoms with van der Waals surface area (Å²) >= 11 is 1.45. The molecule has 1 aromatic rings. The van der Waals surface area contributed by atoms with Crippen molar-refractivity contribution >= 4 is 29.7 Å². The number of nitrogens with zero attached hydrogens (tertiary/aromatic N) is 2. The third-order valence-electron chi connectivity index (χ3n) is 3.47. The monoisotopic (exact) mass is 333 g/mol. The molecule has 7 heteroatoms. The molecule has 1 amide bonds. The molecule has 2 rings (SSSR count). The summed E-state index contributed by atoms with van der Waals surface area (Å²) in [6.45, 7) is 4.86. The third-order valence-corrected chi connectivity index (χ3v) is 4.34. The van der Waals surface area contributed by atoms with Gasteiger partial charge in [0.15, 0.2) is 0 Å². The molecule has 1 aromatic heterocycles. The highest BCUT2D eigenvalue weighted by atomic mass is 35.5. The molecule has 0 spiro atoms. The van der Waals surface area contributed by atoms with Gasteiger partial charge in [-0.25, -0.2) is 4.98 Å². The second-order valence-corrected chi connectivity index (χ2v) is 5.99. The van der Waals surface area contributed by atoms with Crippen LogP contribution in [0.3, 0.4) is 0 Å². The van der Waals surface area contributed by atoms with E-state index in [-0.39, 0.29) is 18.3 Å². The Morgan fingerprint density at radius 3 is 3.00 bits per heavy atom. The maximum Gasteiger partial charge on any atom is 0.273 e. The summed E-state index contributed by atoms with van der Waals surface area (Å²) < 4.78 is 5.80. The van der Waals surface area contributed by atoms with E-state index >= 15 is 0 Å². The topological polar surface area (TPSA) is 68.5 Å². The molecule has 1 aliphatic rings. The zero-order valence-electron chi connectivity index (χ0n) is 12.4. The first-order valence-electron chi connectivity index (χ1n) is 7.30. The molecule has 5 nitrogen and oxygen atoms in total. The van der Waals surface area contributed by atoms with Gasteiger partial charge in [-0.1, -0.05) is 6.92 Å². The number of thiazole rings is 1. The highest BCUT2D eigenvalue weighted by Gasteiger charge is 2.23. The smallest absolute Gasteiger partial charge is 0.273 e. The number of amides is 1. The lowest BCUT2D eigenvalue weighted by atomic mass is 10.2. The molecular weight excluding hydrogens is 310 g/mol. The average molecular weight is 334 g/mol. The molecule has 0 aliphatic carbocycles. The van der Waals surface area contributed by atoms with Crippen molar-refractivity contribution in [3.63, 3.8) is 0 Å². The highest BCUT2D eigenvalue weighted by molar-refractivity contribution is 7.09. The van der Waals surface area contributed by atoms with Crippen molar-refractivity contribution in [3.8, 4) is 0 Å². The van der Waals surface area contributed by atoms with Crippen molar-refractivity contribution in [1.82, 2.24) is 9.88 Å². The molecule has 1 aliphatic heterocycles. The van der Waals surface area contributed by atoms with E-state index in [1.165, 1.54) is 11.3 Å². The molecule has 0 saturated carbocycles. The van der Waals surface area contributed by atoms with Gasteiger partial charge >= 0.3 is 0 Å². The number of rotatable bonds is 5. The van der Waals surface area contributed by atoms with Gasteiger partial charge in [-0.15, -0.1) is 23.7 Å². The first kappa shape index (κ1) is 18.4. The minimum atomic E-state index is 0. The summed E-state index contributed by atoms with van der Waals surface area (Å²) in [5.74, 6) is 0.0251. The molecule has 0 bridgehead atoms. The summed E-state index contributed by atoms with van der Waals surface area (Å²) in [4.78, 5) is 18.6. The van der Waals surface area contributed by atoms with Crippen molar-refractivity contribution in [3.05, 3.63) is 16.1 Å². The number of nitrogens with two attached hydrogens (primary N) is 1. The van der Waals surface area contributed by atoms with Crippen LogP contribution in [0.5, 0.6) is 0 Å². The Hall–Kier alpha value is -0.690. The van der Waals surface area contributed by atoms with Crippen molar-refractivity contribution in [1.29, 1.82) is 0 Å². The predicted molar refractivity (Wildman–Crippen MR) is 87.0 cm³/mol. The lowest BCUT2D eigenvalue weighted by molar-refractivity contribution is 0.0432. The van der Waals surface area contributed by atoms with Gasteiger partial charge in [0.2, 0.25) is 0 Å². The van der Waals surface area contributed by atoms with Crippen molar-refractivity contribution < 1.29 is 9.53 Å². The molecule has 0 aromatic carbocycles. The fourth-order valence-corrected chi connectivity index (χ4v) is 3.03. The van der Waals surface area contributed by atoms with Crippen molar-refractivity contribution in [2.45, 2.75) is 45.3 Å². The minimum Gasteiger partial charge on any atom is -0.378 e. The average Bonchev–Trinajstić information content (AvgIpc) is 2.83. The van der Waals surface area contributed by atoms with Gasteiger partial charge in [0.05, 0.1) is 6.10 Å². The first-order valence-corrected chi connectivity index (χ1v) is 8.18. The zero-order chi connectivity index (χ0) is 14.4. The number of aromatic nitrogens is 1. The molecular formula is C14H24ClN3O2S. The Bertz CT molecular complexity index is 442. The maximum absolute atomic E-state index is 12.4. The van der Waals surface area contributed by atoms with Crippen LogP contribution in [0, 0.1) is 0 Å². The number of carbonyl (C=O) groups is 1. The molecule has 0 radical (unpaired) electrons. The van der Waals surface area contributed by atoms with Crippen LogP contribution >= 0.6 is 23.7 Å². The molecule has 2 N–H and O–H groups in total. The largest absolute Gasteiger partial charge is 0.378 e. The Morgan fingerprint density at radius 2 is 2.33 bits per heavy atom. The van der Waals surface area contributed by atoms with Crippen LogP contribution in [0.4, 0.5) is 0 Å². The fourth-order valence-electron chi connectivity index (χ4n) is 2.38. The summed E-state index contributed by atoms with van der Waals surface area (Å²) in [5, 5.41) is 2.62. The summed E-state index contributed by atoms with van der Waals surface area (Å²) in [7, 11) is 0. The predicted octanol–water partition coefficient (Wildman–Crippen LogP) is 2.44. The van der Waals surface area contributed by atoms with E-state index in [4.69, 9.17) is 10.5 Å². The normalized spacial score (nSPS) is 19.0. The Morgan fingerprint density at radius 1 is 1.52 bits per heavy atom. The maximum atomic E-state index is 12.4. The second-order valence-electron chi connectivity index (χ2n) is 5.05. The molecule has 1 atom stereocenters. The number of ether oxygens (including phenoxy) is 1. The quantitative estimate of drug-likeness (QED) is 0.898. The molecule has 21 heavy (non-hydrogen) atoms.